The van der Waals surface area contributed by atoms with Crippen molar-refractivity contribution in [2.75, 3.05) is 31.5 Å². The zero-order valence-electron chi connectivity index (χ0n) is 15.6. The molecule has 1 saturated heterocycles. The predicted molar refractivity (Wildman–Crippen MR) is 101 cm³/mol. The highest BCUT2D eigenvalue weighted by atomic mass is 19.4. The molecule has 0 aliphatic carbocycles. The van der Waals surface area contributed by atoms with Gasteiger partial charge in [-0.1, -0.05) is 0 Å². The van der Waals surface area contributed by atoms with E-state index in [1.54, 1.807) is 13.0 Å². The number of nitrogens with zero attached hydrogens (tertiary/aromatic N) is 3. The fourth-order valence-corrected chi connectivity index (χ4v) is 3.50. The van der Waals surface area contributed by atoms with Gasteiger partial charge in [-0.05, 0) is 56.1 Å². The smallest absolute Gasteiger partial charge is 0.416 e. The van der Waals surface area contributed by atoms with Crippen molar-refractivity contribution in [3.8, 4) is 17.0 Å². The SMILES string of the molecule is Cc1cc(N[C@@H]2CCCN(CCN)C2)nnc1-c1ccc(C(F)(F)F)cc1O. The van der Waals surface area contributed by atoms with Gasteiger partial charge in [-0.15, -0.1) is 10.2 Å². The average molecular weight is 395 g/mol. The van der Waals surface area contributed by atoms with Gasteiger partial charge in [0, 0.05) is 31.2 Å². The highest BCUT2D eigenvalue weighted by Crippen LogP contribution is 2.36. The van der Waals surface area contributed by atoms with Crippen LogP contribution in [0.2, 0.25) is 0 Å². The van der Waals surface area contributed by atoms with Crippen molar-refractivity contribution in [2.24, 2.45) is 5.73 Å². The summed E-state index contributed by atoms with van der Waals surface area (Å²) in [5.41, 5.74) is 6.00. The normalized spacial score (nSPS) is 18.2. The maximum atomic E-state index is 12.8. The third-order valence-corrected chi connectivity index (χ3v) is 4.87. The van der Waals surface area contributed by atoms with Crippen LogP contribution in [0.3, 0.4) is 0 Å². The van der Waals surface area contributed by atoms with E-state index in [2.05, 4.69) is 20.4 Å². The van der Waals surface area contributed by atoms with E-state index < -0.39 is 17.5 Å². The largest absolute Gasteiger partial charge is 0.507 e. The summed E-state index contributed by atoms with van der Waals surface area (Å²) < 4.78 is 38.3. The van der Waals surface area contributed by atoms with E-state index in [9.17, 15) is 18.3 Å². The van der Waals surface area contributed by atoms with Crippen LogP contribution in [0.15, 0.2) is 24.3 Å². The van der Waals surface area contributed by atoms with E-state index in [0.717, 1.165) is 38.5 Å². The van der Waals surface area contributed by atoms with Crippen LogP contribution in [-0.2, 0) is 6.18 Å². The van der Waals surface area contributed by atoms with Crippen molar-refractivity contribution in [2.45, 2.75) is 32.0 Å². The Morgan fingerprint density at radius 2 is 2.07 bits per heavy atom. The van der Waals surface area contributed by atoms with Gasteiger partial charge < -0.3 is 21.1 Å². The second-order valence-corrected chi connectivity index (χ2v) is 7.06. The number of nitrogens with one attached hydrogen (secondary N) is 1. The first-order chi connectivity index (χ1) is 13.3. The van der Waals surface area contributed by atoms with Gasteiger partial charge in [0.25, 0.3) is 0 Å². The van der Waals surface area contributed by atoms with E-state index in [-0.39, 0.29) is 11.6 Å². The molecule has 152 valence electrons. The first kappa shape index (κ1) is 20.3. The summed E-state index contributed by atoms with van der Waals surface area (Å²) in [5.74, 6) is 0.130. The van der Waals surface area contributed by atoms with E-state index in [0.29, 0.717) is 29.7 Å². The van der Waals surface area contributed by atoms with E-state index in [1.165, 1.54) is 6.07 Å². The quantitative estimate of drug-likeness (QED) is 0.722. The van der Waals surface area contributed by atoms with Gasteiger partial charge in [-0.2, -0.15) is 13.2 Å². The Kier molecular flexibility index (Phi) is 6.04. The number of piperidine rings is 1. The van der Waals surface area contributed by atoms with Crippen LogP contribution in [0.5, 0.6) is 5.75 Å². The van der Waals surface area contributed by atoms with Crippen LogP contribution < -0.4 is 11.1 Å². The number of alkyl halides is 3. The van der Waals surface area contributed by atoms with Crippen molar-refractivity contribution < 1.29 is 18.3 Å². The molecule has 28 heavy (non-hydrogen) atoms. The number of benzene rings is 1. The Morgan fingerprint density at radius 3 is 2.71 bits per heavy atom. The Labute approximate surface area is 161 Å². The minimum atomic E-state index is -4.51. The molecule has 0 saturated carbocycles. The molecule has 0 amide bonds. The molecule has 1 fully saturated rings. The number of phenols is 1. The van der Waals surface area contributed by atoms with Crippen molar-refractivity contribution in [3.05, 3.63) is 35.4 Å². The van der Waals surface area contributed by atoms with Gasteiger partial charge in [0.1, 0.15) is 11.6 Å². The molecule has 2 heterocycles. The Balaban J connectivity index is 1.76. The second kappa shape index (κ2) is 8.32. The maximum Gasteiger partial charge on any atom is 0.416 e. The molecular formula is C19H24F3N5O. The molecular weight excluding hydrogens is 371 g/mol. The first-order valence-corrected chi connectivity index (χ1v) is 9.22. The summed E-state index contributed by atoms with van der Waals surface area (Å²) in [6.45, 7) is 5.17. The van der Waals surface area contributed by atoms with Crippen LogP contribution >= 0.6 is 0 Å². The molecule has 1 aromatic heterocycles. The number of phenolic OH excluding ortho intramolecular Hbond substituents is 1. The van der Waals surface area contributed by atoms with Crippen LogP contribution in [-0.4, -0.2) is 52.4 Å². The summed E-state index contributed by atoms with van der Waals surface area (Å²) in [4.78, 5) is 2.30. The van der Waals surface area contributed by atoms with Gasteiger partial charge in [0.15, 0.2) is 0 Å². The number of anilines is 1. The minimum Gasteiger partial charge on any atom is -0.507 e. The standard InChI is InChI=1S/C19H24F3N5O/c1-12-9-17(24-14-3-2-7-27(11-14)8-6-23)25-26-18(12)15-5-4-13(10-16(15)28)19(20,21)22/h4-5,9-10,14,28H,2-3,6-8,11,23H2,1H3,(H,24,25)/t14-/m1/s1. The van der Waals surface area contributed by atoms with Gasteiger partial charge in [-0.25, -0.2) is 0 Å². The Bertz CT molecular complexity index is 826. The molecule has 4 N–H and O–H groups in total. The lowest BCUT2D eigenvalue weighted by Gasteiger charge is -2.33. The number of hydrogen-bond acceptors (Lipinski definition) is 6. The van der Waals surface area contributed by atoms with Crippen LogP contribution in [0.4, 0.5) is 19.0 Å². The molecule has 2 aromatic rings. The predicted octanol–water partition coefficient (Wildman–Crippen LogP) is 3.01. The number of likely N-dealkylation sites (tertiary alicyclic amines) is 1. The first-order valence-electron chi connectivity index (χ1n) is 9.22. The Hall–Kier alpha value is -2.39. The third kappa shape index (κ3) is 4.71. The van der Waals surface area contributed by atoms with Gasteiger partial charge >= 0.3 is 6.18 Å². The third-order valence-electron chi connectivity index (χ3n) is 4.87. The summed E-state index contributed by atoms with van der Waals surface area (Å²) in [5, 5.41) is 21.7. The fraction of sp³-hybridized carbons (Fsp3) is 0.474. The maximum absolute atomic E-state index is 12.8. The van der Waals surface area contributed by atoms with Crippen molar-refractivity contribution in [1.82, 2.24) is 15.1 Å². The molecule has 0 radical (unpaired) electrons. The van der Waals surface area contributed by atoms with Crippen LogP contribution in [0, 0.1) is 6.92 Å². The zero-order valence-corrected chi connectivity index (χ0v) is 15.6. The average Bonchev–Trinajstić information content (AvgIpc) is 2.62. The fourth-order valence-electron chi connectivity index (χ4n) is 3.50. The summed E-state index contributed by atoms with van der Waals surface area (Å²) in [7, 11) is 0. The van der Waals surface area contributed by atoms with E-state index in [1.807, 2.05) is 0 Å². The molecule has 1 aliphatic heterocycles. The van der Waals surface area contributed by atoms with Gasteiger partial charge in [0.05, 0.1) is 11.3 Å². The van der Waals surface area contributed by atoms with Crippen molar-refractivity contribution in [1.29, 1.82) is 0 Å². The molecule has 9 heteroatoms. The molecule has 1 aliphatic rings. The van der Waals surface area contributed by atoms with Crippen molar-refractivity contribution >= 4 is 5.82 Å². The second-order valence-electron chi connectivity index (χ2n) is 7.06. The lowest BCUT2D eigenvalue weighted by molar-refractivity contribution is -0.137. The lowest BCUT2D eigenvalue weighted by atomic mass is 10.0. The topological polar surface area (TPSA) is 87.3 Å². The molecule has 1 atom stereocenters. The highest BCUT2D eigenvalue weighted by molar-refractivity contribution is 5.70. The monoisotopic (exact) mass is 395 g/mol. The van der Waals surface area contributed by atoms with E-state index in [4.69, 9.17) is 5.73 Å². The molecule has 0 unspecified atom stereocenters. The highest BCUT2D eigenvalue weighted by Gasteiger charge is 2.31. The summed E-state index contributed by atoms with van der Waals surface area (Å²) in [6.07, 6.45) is -2.42. The molecule has 6 nitrogen and oxygen atoms in total. The molecule has 0 spiro atoms. The minimum absolute atomic E-state index is 0.219. The number of halogens is 3. The molecule has 1 aromatic carbocycles. The van der Waals surface area contributed by atoms with Crippen molar-refractivity contribution in [3.63, 3.8) is 0 Å². The summed E-state index contributed by atoms with van der Waals surface area (Å²) >= 11 is 0. The number of aromatic nitrogens is 2. The zero-order chi connectivity index (χ0) is 20.3. The number of nitrogens with two attached hydrogens (primary N) is 1. The van der Waals surface area contributed by atoms with E-state index >= 15 is 0 Å². The van der Waals surface area contributed by atoms with Crippen LogP contribution in [0.25, 0.3) is 11.3 Å². The Morgan fingerprint density at radius 1 is 1.29 bits per heavy atom. The number of hydrogen-bond donors (Lipinski definition) is 3. The molecule has 0 bridgehead atoms. The number of aromatic hydroxyl groups is 1. The lowest BCUT2D eigenvalue weighted by Crippen LogP contribution is -2.44. The van der Waals surface area contributed by atoms with Crippen LogP contribution in [0.1, 0.15) is 24.0 Å². The molecule has 3 rings (SSSR count). The number of aryl methyl sites for hydroxylation is 1. The summed E-state index contributed by atoms with van der Waals surface area (Å²) in [6, 6.07) is 4.88. The number of rotatable bonds is 5. The van der Waals surface area contributed by atoms with Gasteiger partial charge in [0.2, 0.25) is 0 Å². The van der Waals surface area contributed by atoms with Gasteiger partial charge in [-0.3, -0.25) is 0 Å².